The number of ether oxygens (including phenoxy) is 1. The molecule has 1 aliphatic heterocycles. The summed E-state index contributed by atoms with van der Waals surface area (Å²) < 4.78 is 7.00. The van der Waals surface area contributed by atoms with Gasteiger partial charge in [-0.15, -0.1) is 0 Å². The van der Waals surface area contributed by atoms with Crippen molar-refractivity contribution in [1.82, 2.24) is 9.47 Å². The molecule has 7 heteroatoms. The summed E-state index contributed by atoms with van der Waals surface area (Å²) >= 11 is 13.3. The lowest BCUT2D eigenvalue weighted by Gasteiger charge is -2.31. The van der Waals surface area contributed by atoms with Crippen molar-refractivity contribution in [2.75, 3.05) is 20.2 Å². The van der Waals surface area contributed by atoms with E-state index in [0.29, 0.717) is 48.0 Å². The van der Waals surface area contributed by atoms with Crippen LogP contribution in [0.2, 0.25) is 10.0 Å². The molecular formula is C26H28Cl2N2O3. The third kappa shape index (κ3) is 4.49. The molecule has 1 saturated heterocycles. The first-order valence-electron chi connectivity index (χ1n) is 11.1. The van der Waals surface area contributed by atoms with Crippen molar-refractivity contribution < 1.29 is 14.3 Å². The van der Waals surface area contributed by atoms with Crippen LogP contribution in [0.15, 0.2) is 30.3 Å². The van der Waals surface area contributed by atoms with E-state index in [1.807, 2.05) is 7.05 Å². The first-order chi connectivity index (χ1) is 15.7. The summed E-state index contributed by atoms with van der Waals surface area (Å²) in [5.74, 6) is -0.507. The number of rotatable bonds is 4. The molecular weight excluding hydrogens is 459 g/mol. The van der Waals surface area contributed by atoms with Crippen molar-refractivity contribution in [3.05, 3.63) is 68.3 Å². The highest BCUT2D eigenvalue weighted by molar-refractivity contribution is 6.38. The fourth-order valence-corrected chi connectivity index (χ4v) is 5.36. The molecule has 4 rings (SSSR count). The second kappa shape index (κ2) is 9.40. The number of carbonyl (C=O) groups is 2. The number of aromatic nitrogens is 1. The van der Waals surface area contributed by atoms with E-state index in [-0.39, 0.29) is 17.8 Å². The lowest BCUT2D eigenvalue weighted by Crippen LogP contribution is -2.40. The van der Waals surface area contributed by atoms with E-state index >= 15 is 0 Å². The number of amides is 1. The van der Waals surface area contributed by atoms with E-state index in [9.17, 15) is 9.59 Å². The van der Waals surface area contributed by atoms with Crippen LogP contribution in [0, 0.1) is 19.8 Å². The van der Waals surface area contributed by atoms with Crippen molar-refractivity contribution >= 4 is 46.0 Å². The summed E-state index contributed by atoms with van der Waals surface area (Å²) in [5.41, 5.74) is 5.87. The molecule has 1 amide bonds. The monoisotopic (exact) mass is 486 g/mol. The largest absolute Gasteiger partial charge is 0.469 e. The quantitative estimate of drug-likeness (QED) is 0.443. The maximum absolute atomic E-state index is 13.2. The molecule has 0 saturated carbocycles. The van der Waals surface area contributed by atoms with E-state index in [1.54, 1.807) is 17.0 Å². The van der Waals surface area contributed by atoms with Gasteiger partial charge in [-0.3, -0.25) is 9.59 Å². The molecule has 174 valence electrons. The molecule has 1 fully saturated rings. The molecule has 2 aromatic carbocycles. The van der Waals surface area contributed by atoms with Gasteiger partial charge in [-0.2, -0.15) is 0 Å². The van der Waals surface area contributed by atoms with Gasteiger partial charge in [0.05, 0.1) is 23.6 Å². The predicted octanol–water partition coefficient (Wildman–Crippen LogP) is 5.72. The number of esters is 1. The molecule has 0 unspecified atom stereocenters. The van der Waals surface area contributed by atoms with Crippen LogP contribution in [0.4, 0.5) is 0 Å². The Balaban J connectivity index is 1.61. The minimum Gasteiger partial charge on any atom is -0.469 e. The minimum atomic E-state index is -0.214. The van der Waals surface area contributed by atoms with Crippen LogP contribution in [0.1, 0.15) is 45.6 Å². The van der Waals surface area contributed by atoms with Gasteiger partial charge in [0.15, 0.2) is 0 Å². The van der Waals surface area contributed by atoms with Crippen LogP contribution in [0.3, 0.4) is 0 Å². The summed E-state index contributed by atoms with van der Waals surface area (Å²) in [6.07, 6.45) is 1.70. The molecule has 1 aromatic heterocycles. The Morgan fingerprint density at radius 2 is 1.79 bits per heavy atom. The van der Waals surface area contributed by atoms with E-state index in [0.717, 1.165) is 16.8 Å². The van der Waals surface area contributed by atoms with Gasteiger partial charge in [0, 0.05) is 48.2 Å². The second-order valence-electron chi connectivity index (χ2n) is 8.86. The smallest absolute Gasteiger partial charge is 0.308 e. The van der Waals surface area contributed by atoms with Gasteiger partial charge in [0.2, 0.25) is 0 Å². The zero-order chi connectivity index (χ0) is 23.9. The second-order valence-corrected chi connectivity index (χ2v) is 9.65. The van der Waals surface area contributed by atoms with E-state index in [1.165, 1.54) is 23.6 Å². The van der Waals surface area contributed by atoms with Gasteiger partial charge in [0.25, 0.3) is 5.91 Å². The van der Waals surface area contributed by atoms with Crippen LogP contribution in [-0.2, 0) is 23.0 Å². The highest BCUT2D eigenvalue weighted by Gasteiger charge is 2.30. The minimum absolute atomic E-state index is 0.134. The molecule has 0 spiro atoms. The molecule has 0 N–H and O–H groups in total. The molecule has 0 radical (unpaired) electrons. The van der Waals surface area contributed by atoms with Crippen LogP contribution < -0.4 is 0 Å². The highest BCUT2D eigenvalue weighted by Crippen LogP contribution is 2.34. The highest BCUT2D eigenvalue weighted by atomic mass is 35.5. The molecule has 0 atom stereocenters. The Morgan fingerprint density at radius 3 is 2.45 bits per heavy atom. The van der Waals surface area contributed by atoms with Crippen molar-refractivity contribution in [1.29, 1.82) is 0 Å². The van der Waals surface area contributed by atoms with Crippen LogP contribution in [-0.4, -0.2) is 41.5 Å². The average molecular weight is 487 g/mol. The average Bonchev–Trinajstić information content (AvgIpc) is 3.11. The lowest BCUT2D eigenvalue weighted by molar-refractivity contribution is -0.146. The van der Waals surface area contributed by atoms with Gasteiger partial charge in [-0.25, -0.2) is 0 Å². The van der Waals surface area contributed by atoms with Crippen LogP contribution in [0.25, 0.3) is 10.9 Å². The number of fused-ring (bicyclic) bond motifs is 1. The Kier molecular flexibility index (Phi) is 6.73. The van der Waals surface area contributed by atoms with Gasteiger partial charge < -0.3 is 14.2 Å². The maximum atomic E-state index is 13.2. The van der Waals surface area contributed by atoms with E-state index in [4.69, 9.17) is 27.9 Å². The van der Waals surface area contributed by atoms with Gasteiger partial charge in [0.1, 0.15) is 0 Å². The van der Waals surface area contributed by atoms with Crippen LogP contribution >= 0.6 is 23.2 Å². The number of piperidine rings is 1. The third-order valence-corrected chi connectivity index (χ3v) is 7.49. The van der Waals surface area contributed by atoms with E-state index in [2.05, 4.69) is 36.6 Å². The number of carbonyl (C=O) groups excluding carboxylic acids is 2. The topological polar surface area (TPSA) is 51.5 Å². The summed E-state index contributed by atoms with van der Waals surface area (Å²) in [6, 6.07) is 9.96. The van der Waals surface area contributed by atoms with Gasteiger partial charge >= 0.3 is 5.97 Å². The van der Waals surface area contributed by atoms with Crippen molar-refractivity contribution in [2.45, 2.75) is 33.1 Å². The fourth-order valence-electron chi connectivity index (χ4n) is 4.77. The first-order valence-corrected chi connectivity index (χ1v) is 11.9. The first kappa shape index (κ1) is 23.7. The number of halogens is 2. The van der Waals surface area contributed by atoms with Crippen molar-refractivity contribution in [3.63, 3.8) is 0 Å². The lowest BCUT2D eigenvalue weighted by atomic mass is 9.96. The SMILES string of the molecule is COC(=O)C1CCN(C(=O)c2ccc(Cl)c(Cc3cc4c(C)cc(C)cc4n3C)c2Cl)CC1. The molecule has 33 heavy (non-hydrogen) atoms. The number of hydrogen-bond donors (Lipinski definition) is 0. The molecule has 0 bridgehead atoms. The Hall–Kier alpha value is -2.50. The Bertz CT molecular complexity index is 1240. The molecule has 0 aliphatic carbocycles. The summed E-state index contributed by atoms with van der Waals surface area (Å²) in [5, 5.41) is 2.13. The van der Waals surface area contributed by atoms with Gasteiger partial charge in [-0.05, 0) is 67.6 Å². The van der Waals surface area contributed by atoms with E-state index < -0.39 is 0 Å². The normalized spacial score (nSPS) is 14.7. The number of benzene rings is 2. The summed E-state index contributed by atoms with van der Waals surface area (Å²) in [4.78, 5) is 26.8. The number of likely N-dealkylation sites (tertiary alicyclic amines) is 1. The molecule has 5 nitrogen and oxygen atoms in total. The summed E-state index contributed by atoms with van der Waals surface area (Å²) in [6.45, 7) is 5.20. The van der Waals surface area contributed by atoms with Gasteiger partial charge in [-0.1, -0.05) is 29.3 Å². The maximum Gasteiger partial charge on any atom is 0.308 e. The molecule has 2 heterocycles. The Labute approximate surface area is 204 Å². The Morgan fingerprint density at radius 1 is 1.09 bits per heavy atom. The van der Waals surface area contributed by atoms with Crippen molar-refractivity contribution in [2.24, 2.45) is 13.0 Å². The number of methoxy groups -OCH3 is 1. The number of aryl methyl sites for hydroxylation is 3. The fraction of sp³-hybridized carbons (Fsp3) is 0.385. The number of nitrogens with zero attached hydrogens (tertiary/aromatic N) is 2. The molecule has 1 aliphatic rings. The summed E-state index contributed by atoms with van der Waals surface area (Å²) in [7, 11) is 3.44. The predicted molar refractivity (Wildman–Crippen MR) is 132 cm³/mol. The standard InChI is InChI=1S/C26H28Cl2N2O3/c1-15-11-16(2)20-13-18(29(3)23(20)12-15)14-21-22(27)6-5-19(24(21)28)25(31)30-9-7-17(8-10-30)26(32)33-4/h5-6,11-13,17H,7-10,14H2,1-4H3. The third-order valence-electron chi connectivity index (χ3n) is 6.70. The number of hydrogen-bond acceptors (Lipinski definition) is 3. The van der Waals surface area contributed by atoms with Crippen LogP contribution in [0.5, 0.6) is 0 Å². The zero-order valence-electron chi connectivity index (χ0n) is 19.4. The zero-order valence-corrected chi connectivity index (χ0v) is 20.9. The van der Waals surface area contributed by atoms with Crippen molar-refractivity contribution in [3.8, 4) is 0 Å². The molecule has 3 aromatic rings.